The Hall–Kier alpha value is -3.04. The van der Waals surface area contributed by atoms with E-state index in [1.54, 1.807) is 14.0 Å². The van der Waals surface area contributed by atoms with Crippen molar-refractivity contribution in [2.75, 3.05) is 18.7 Å². The monoisotopic (exact) mass is 423 g/mol. The fourth-order valence-electron chi connectivity index (χ4n) is 5.38. The minimum Gasteiger partial charge on any atom is -0.496 e. The third kappa shape index (κ3) is 3.34. The topological polar surface area (TPSA) is 116 Å². The molecule has 0 bridgehead atoms. The molecule has 3 fully saturated rings. The number of hydrazine groups is 1. The van der Waals surface area contributed by atoms with Gasteiger partial charge in [-0.2, -0.15) is 0 Å². The number of aryl methyl sites for hydroxylation is 1. The number of aromatic nitrogens is 2. The molecule has 1 aliphatic carbocycles. The summed E-state index contributed by atoms with van der Waals surface area (Å²) in [5.74, 6) is 0.190. The van der Waals surface area contributed by atoms with Crippen LogP contribution in [-0.4, -0.2) is 41.5 Å². The lowest BCUT2D eigenvalue weighted by atomic mass is 9.64. The van der Waals surface area contributed by atoms with E-state index < -0.39 is 5.92 Å². The molecule has 5 rings (SSSR count). The molecule has 0 radical (unpaired) electrons. The van der Waals surface area contributed by atoms with E-state index in [-0.39, 0.29) is 47.1 Å². The van der Waals surface area contributed by atoms with Gasteiger partial charge in [0.15, 0.2) is 0 Å². The van der Waals surface area contributed by atoms with Gasteiger partial charge < -0.3 is 4.74 Å². The summed E-state index contributed by atoms with van der Waals surface area (Å²) in [6.45, 7) is 2.23. The largest absolute Gasteiger partial charge is 0.496 e. The fourth-order valence-corrected chi connectivity index (χ4v) is 5.38. The van der Waals surface area contributed by atoms with Crippen molar-refractivity contribution in [3.05, 3.63) is 51.9 Å². The fraction of sp³-hybridized carbons (Fsp3) is 0.455. The first-order chi connectivity index (χ1) is 15.0. The molecule has 5 atom stereocenters. The van der Waals surface area contributed by atoms with Gasteiger partial charge in [-0.3, -0.25) is 24.7 Å². The lowest BCUT2D eigenvalue weighted by Crippen LogP contribution is -2.57. The van der Waals surface area contributed by atoms with E-state index in [4.69, 9.17) is 4.74 Å². The minimum absolute atomic E-state index is 0.00222. The normalized spacial score (nSPS) is 30.1. The SMILES string of the molecule is COc1ccccc1C1CC(=O)C2CNC3NN(c4nc(C)cc(=O)[nH]4)C(=O)C3C2C1. The smallest absolute Gasteiger partial charge is 0.252 e. The molecule has 31 heavy (non-hydrogen) atoms. The highest BCUT2D eigenvalue weighted by atomic mass is 16.5. The average molecular weight is 423 g/mol. The summed E-state index contributed by atoms with van der Waals surface area (Å²) in [5.41, 5.74) is 4.36. The number of benzene rings is 1. The summed E-state index contributed by atoms with van der Waals surface area (Å²) >= 11 is 0. The van der Waals surface area contributed by atoms with Gasteiger partial charge in [0.1, 0.15) is 11.5 Å². The molecule has 1 aromatic carbocycles. The van der Waals surface area contributed by atoms with Gasteiger partial charge in [-0.25, -0.2) is 15.4 Å². The number of fused-ring (bicyclic) bond motifs is 3. The van der Waals surface area contributed by atoms with Crippen molar-refractivity contribution in [2.24, 2.45) is 17.8 Å². The molecule has 9 nitrogen and oxygen atoms in total. The maximum Gasteiger partial charge on any atom is 0.252 e. The van der Waals surface area contributed by atoms with Crippen molar-refractivity contribution in [2.45, 2.75) is 31.8 Å². The van der Waals surface area contributed by atoms with Gasteiger partial charge in [-0.15, -0.1) is 0 Å². The van der Waals surface area contributed by atoms with Crippen LogP contribution < -0.4 is 26.0 Å². The summed E-state index contributed by atoms with van der Waals surface area (Å²) in [7, 11) is 1.63. The molecule has 2 aliphatic heterocycles. The van der Waals surface area contributed by atoms with Crippen molar-refractivity contribution in [1.29, 1.82) is 0 Å². The number of para-hydroxylation sites is 1. The van der Waals surface area contributed by atoms with Gasteiger partial charge in [-0.1, -0.05) is 18.2 Å². The molecule has 2 aromatic rings. The highest BCUT2D eigenvalue weighted by Gasteiger charge is 2.54. The molecule has 3 aliphatic rings. The first kappa shape index (κ1) is 19.9. The Morgan fingerprint density at radius 3 is 2.77 bits per heavy atom. The molecule has 3 heterocycles. The highest BCUT2D eigenvalue weighted by Crippen LogP contribution is 2.46. The summed E-state index contributed by atoms with van der Waals surface area (Å²) in [5, 5.41) is 4.62. The zero-order valence-corrected chi connectivity index (χ0v) is 17.4. The Morgan fingerprint density at radius 1 is 1.19 bits per heavy atom. The summed E-state index contributed by atoms with van der Waals surface area (Å²) < 4.78 is 5.52. The van der Waals surface area contributed by atoms with Crippen molar-refractivity contribution in [1.82, 2.24) is 20.7 Å². The number of carbonyl (C=O) groups is 2. The zero-order valence-electron chi connectivity index (χ0n) is 17.4. The standard InChI is InChI=1S/C22H25N5O4/c1-11-7-18(29)25-22(24-11)27-21(30)19-14-8-12(13-5-3-4-6-17(13)31-2)9-16(28)15(14)10-23-20(19)26-27/h3-7,12,14-15,19-20,23,26H,8-10H2,1-2H3,(H,24,25,29). The number of rotatable bonds is 3. The summed E-state index contributed by atoms with van der Waals surface area (Å²) in [4.78, 5) is 45.3. The van der Waals surface area contributed by atoms with Crippen LogP contribution in [0.25, 0.3) is 0 Å². The number of H-pyrrole nitrogens is 1. The zero-order chi connectivity index (χ0) is 21.7. The summed E-state index contributed by atoms with van der Waals surface area (Å²) in [6.07, 6.45) is 0.848. The maximum absolute atomic E-state index is 13.4. The van der Waals surface area contributed by atoms with Gasteiger partial charge in [-0.05, 0) is 36.8 Å². The number of piperidine rings is 1. The number of carbonyl (C=O) groups excluding carboxylic acids is 2. The lowest BCUT2D eigenvalue weighted by Gasteiger charge is -2.43. The third-order valence-corrected chi connectivity index (χ3v) is 6.73. The number of hydrogen-bond acceptors (Lipinski definition) is 7. The molecule has 1 saturated carbocycles. The number of methoxy groups -OCH3 is 1. The maximum atomic E-state index is 13.4. The number of aromatic amines is 1. The van der Waals surface area contributed by atoms with E-state index in [1.165, 1.54) is 11.1 Å². The van der Waals surface area contributed by atoms with E-state index in [2.05, 4.69) is 20.7 Å². The number of ketones is 1. The molecular weight excluding hydrogens is 398 g/mol. The number of Topliss-reactive ketones (excluding diaryl/α,β-unsaturated/α-hetero) is 1. The Bertz CT molecular complexity index is 1100. The Kier molecular flexibility index (Phi) is 4.86. The second kappa shape index (κ2) is 7.58. The van der Waals surface area contributed by atoms with Gasteiger partial charge >= 0.3 is 0 Å². The molecule has 3 N–H and O–H groups in total. The van der Waals surface area contributed by atoms with E-state index in [0.29, 0.717) is 18.7 Å². The lowest BCUT2D eigenvalue weighted by molar-refractivity contribution is -0.133. The van der Waals surface area contributed by atoms with Gasteiger partial charge in [0.05, 0.1) is 19.2 Å². The van der Waals surface area contributed by atoms with Crippen LogP contribution in [0.4, 0.5) is 5.95 Å². The molecule has 0 spiro atoms. The molecule has 9 heteroatoms. The number of anilines is 1. The number of ether oxygens (including phenoxy) is 1. The van der Waals surface area contributed by atoms with Crippen LogP contribution in [-0.2, 0) is 9.59 Å². The summed E-state index contributed by atoms with van der Waals surface area (Å²) in [6, 6.07) is 9.14. The number of nitrogens with one attached hydrogen (secondary N) is 3. The van der Waals surface area contributed by atoms with Gasteiger partial charge in [0, 0.05) is 30.6 Å². The van der Waals surface area contributed by atoms with Crippen molar-refractivity contribution < 1.29 is 14.3 Å². The molecule has 1 aromatic heterocycles. The van der Waals surface area contributed by atoms with E-state index in [9.17, 15) is 14.4 Å². The molecule has 162 valence electrons. The minimum atomic E-state index is -0.425. The van der Waals surface area contributed by atoms with Crippen molar-refractivity contribution >= 4 is 17.6 Å². The third-order valence-electron chi connectivity index (χ3n) is 6.73. The van der Waals surface area contributed by atoms with Crippen molar-refractivity contribution in [3.8, 4) is 5.75 Å². The molecule has 5 unspecified atom stereocenters. The Morgan fingerprint density at radius 2 is 2.00 bits per heavy atom. The average Bonchev–Trinajstić information content (AvgIpc) is 3.10. The predicted octanol–water partition coefficient (Wildman–Crippen LogP) is 0.863. The van der Waals surface area contributed by atoms with E-state index >= 15 is 0 Å². The van der Waals surface area contributed by atoms with Crippen LogP contribution in [0.1, 0.15) is 30.0 Å². The van der Waals surface area contributed by atoms with Gasteiger partial charge in [0.25, 0.3) is 5.56 Å². The number of nitrogens with zero attached hydrogens (tertiary/aromatic N) is 2. The Balaban J connectivity index is 1.46. The van der Waals surface area contributed by atoms with Crippen LogP contribution in [0.5, 0.6) is 5.75 Å². The molecule has 2 saturated heterocycles. The van der Waals surface area contributed by atoms with Crippen LogP contribution in [0.3, 0.4) is 0 Å². The number of hydrogen-bond donors (Lipinski definition) is 3. The van der Waals surface area contributed by atoms with Crippen LogP contribution in [0.2, 0.25) is 0 Å². The van der Waals surface area contributed by atoms with Crippen LogP contribution in [0, 0.1) is 24.7 Å². The molecule has 1 amide bonds. The van der Waals surface area contributed by atoms with E-state index in [0.717, 1.165) is 17.7 Å². The Labute approximate surface area is 179 Å². The van der Waals surface area contributed by atoms with E-state index in [1.807, 2.05) is 24.3 Å². The van der Waals surface area contributed by atoms with Crippen molar-refractivity contribution in [3.63, 3.8) is 0 Å². The van der Waals surface area contributed by atoms with Crippen LogP contribution in [0.15, 0.2) is 35.1 Å². The van der Waals surface area contributed by atoms with Crippen LogP contribution >= 0.6 is 0 Å². The second-order valence-electron chi connectivity index (χ2n) is 8.54. The second-order valence-corrected chi connectivity index (χ2v) is 8.54. The quantitative estimate of drug-likeness (QED) is 0.671. The first-order valence-electron chi connectivity index (χ1n) is 10.5. The predicted molar refractivity (Wildman–Crippen MR) is 112 cm³/mol. The van der Waals surface area contributed by atoms with Gasteiger partial charge in [0.2, 0.25) is 11.9 Å². The first-order valence-corrected chi connectivity index (χ1v) is 10.5. The number of amides is 1. The molecular formula is C22H25N5O4. The highest BCUT2D eigenvalue weighted by molar-refractivity contribution is 5.96.